The lowest BCUT2D eigenvalue weighted by Crippen LogP contribution is -2.30. The molecular formula is C15H19F3N2. The highest BCUT2D eigenvalue weighted by Gasteiger charge is 2.40. The molecule has 1 aliphatic carbocycles. The molecule has 1 aromatic carbocycles. The molecule has 2 nitrogen and oxygen atoms in total. The van der Waals surface area contributed by atoms with E-state index in [2.05, 4.69) is 4.90 Å². The smallest absolute Gasteiger partial charge is 0.327 e. The Balaban J connectivity index is 1.67. The summed E-state index contributed by atoms with van der Waals surface area (Å²) in [5, 5.41) is 0. The SMILES string of the molecule is NC1CCC2CN(Cc3cccc(C(F)(F)F)c3)CC12. The number of alkyl halides is 3. The maximum Gasteiger partial charge on any atom is 0.416 e. The number of fused-ring (bicyclic) bond motifs is 1. The highest BCUT2D eigenvalue weighted by atomic mass is 19.4. The summed E-state index contributed by atoms with van der Waals surface area (Å²) in [5.74, 6) is 1.16. The fourth-order valence-corrected chi connectivity index (χ4v) is 3.63. The summed E-state index contributed by atoms with van der Waals surface area (Å²) < 4.78 is 38.1. The van der Waals surface area contributed by atoms with E-state index in [0.29, 0.717) is 18.4 Å². The largest absolute Gasteiger partial charge is 0.416 e. The van der Waals surface area contributed by atoms with Crippen LogP contribution in [-0.2, 0) is 12.7 Å². The Morgan fingerprint density at radius 1 is 1.20 bits per heavy atom. The molecule has 110 valence electrons. The molecule has 1 aliphatic heterocycles. The van der Waals surface area contributed by atoms with Gasteiger partial charge in [0, 0.05) is 25.7 Å². The lowest BCUT2D eigenvalue weighted by molar-refractivity contribution is -0.137. The third kappa shape index (κ3) is 2.69. The summed E-state index contributed by atoms with van der Waals surface area (Å²) in [6.07, 6.45) is -2.02. The molecular weight excluding hydrogens is 265 g/mol. The van der Waals surface area contributed by atoms with Gasteiger partial charge in [-0.2, -0.15) is 13.2 Å². The Bertz CT molecular complexity index is 486. The Kier molecular flexibility index (Phi) is 3.50. The zero-order valence-electron chi connectivity index (χ0n) is 11.2. The number of rotatable bonds is 2. The monoisotopic (exact) mass is 284 g/mol. The standard InChI is InChI=1S/C15H19F3N2/c16-15(17,18)12-3-1-2-10(6-12)7-20-8-11-4-5-14(19)13(11)9-20/h1-3,6,11,13-14H,4-5,7-9,19H2. The van der Waals surface area contributed by atoms with Crippen LogP contribution in [0, 0.1) is 11.8 Å². The quantitative estimate of drug-likeness (QED) is 0.905. The second-order valence-electron chi connectivity index (χ2n) is 6.06. The summed E-state index contributed by atoms with van der Waals surface area (Å²) in [6.45, 7) is 2.47. The number of benzene rings is 1. The van der Waals surface area contributed by atoms with E-state index in [1.54, 1.807) is 6.07 Å². The zero-order valence-corrected chi connectivity index (χ0v) is 11.2. The number of halogens is 3. The van der Waals surface area contributed by atoms with E-state index in [0.717, 1.165) is 37.6 Å². The summed E-state index contributed by atoms with van der Waals surface area (Å²) in [4.78, 5) is 2.24. The highest BCUT2D eigenvalue weighted by molar-refractivity contribution is 5.25. The van der Waals surface area contributed by atoms with Crippen molar-refractivity contribution in [1.29, 1.82) is 0 Å². The molecule has 2 fully saturated rings. The van der Waals surface area contributed by atoms with Gasteiger partial charge in [-0.3, -0.25) is 4.90 Å². The van der Waals surface area contributed by atoms with Crippen molar-refractivity contribution >= 4 is 0 Å². The van der Waals surface area contributed by atoms with Gasteiger partial charge in [-0.15, -0.1) is 0 Å². The molecule has 1 saturated heterocycles. The number of nitrogens with zero attached hydrogens (tertiary/aromatic N) is 1. The van der Waals surface area contributed by atoms with Gasteiger partial charge in [-0.05, 0) is 36.3 Å². The van der Waals surface area contributed by atoms with Crippen LogP contribution in [0.4, 0.5) is 13.2 Å². The normalized spacial score (nSPS) is 30.7. The summed E-state index contributed by atoms with van der Waals surface area (Å²) in [7, 11) is 0. The minimum atomic E-state index is -4.26. The maximum atomic E-state index is 12.7. The van der Waals surface area contributed by atoms with Crippen LogP contribution in [0.3, 0.4) is 0 Å². The van der Waals surface area contributed by atoms with Crippen LogP contribution in [0.2, 0.25) is 0 Å². The van der Waals surface area contributed by atoms with Crippen LogP contribution in [0.25, 0.3) is 0 Å². The lowest BCUT2D eigenvalue weighted by Gasteiger charge is -2.19. The maximum absolute atomic E-state index is 12.7. The fourth-order valence-electron chi connectivity index (χ4n) is 3.63. The van der Waals surface area contributed by atoms with Crippen molar-refractivity contribution in [3.63, 3.8) is 0 Å². The summed E-state index contributed by atoms with van der Waals surface area (Å²) in [5.41, 5.74) is 6.25. The molecule has 0 spiro atoms. The van der Waals surface area contributed by atoms with E-state index in [9.17, 15) is 13.2 Å². The molecule has 20 heavy (non-hydrogen) atoms. The van der Waals surface area contributed by atoms with Crippen LogP contribution < -0.4 is 5.73 Å². The van der Waals surface area contributed by atoms with Crippen molar-refractivity contribution in [1.82, 2.24) is 4.90 Å². The van der Waals surface area contributed by atoms with Crippen LogP contribution in [0.15, 0.2) is 24.3 Å². The van der Waals surface area contributed by atoms with Gasteiger partial charge < -0.3 is 5.73 Å². The van der Waals surface area contributed by atoms with Gasteiger partial charge in [0.1, 0.15) is 0 Å². The van der Waals surface area contributed by atoms with Gasteiger partial charge in [-0.1, -0.05) is 18.2 Å². The lowest BCUT2D eigenvalue weighted by atomic mass is 9.98. The van der Waals surface area contributed by atoms with Crippen LogP contribution >= 0.6 is 0 Å². The van der Waals surface area contributed by atoms with Crippen molar-refractivity contribution in [2.24, 2.45) is 17.6 Å². The second kappa shape index (κ2) is 5.04. The summed E-state index contributed by atoms with van der Waals surface area (Å²) >= 11 is 0. The predicted molar refractivity (Wildman–Crippen MR) is 70.9 cm³/mol. The molecule has 0 radical (unpaired) electrons. The first kappa shape index (κ1) is 13.9. The van der Waals surface area contributed by atoms with Crippen molar-refractivity contribution in [2.75, 3.05) is 13.1 Å². The fraction of sp³-hybridized carbons (Fsp3) is 0.600. The van der Waals surface area contributed by atoms with Gasteiger partial charge in [-0.25, -0.2) is 0 Å². The molecule has 0 amide bonds. The molecule has 5 heteroatoms. The van der Waals surface area contributed by atoms with Gasteiger partial charge >= 0.3 is 6.18 Å². The second-order valence-corrected chi connectivity index (χ2v) is 6.06. The Labute approximate surface area is 116 Å². The minimum Gasteiger partial charge on any atom is -0.327 e. The minimum absolute atomic E-state index is 0.270. The van der Waals surface area contributed by atoms with Gasteiger partial charge in [0.05, 0.1) is 5.56 Å². The van der Waals surface area contributed by atoms with Crippen molar-refractivity contribution in [3.8, 4) is 0 Å². The van der Waals surface area contributed by atoms with E-state index >= 15 is 0 Å². The molecule has 1 aromatic rings. The Hall–Kier alpha value is -1.07. The van der Waals surface area contributed by atoms with Crippen molar-refractivity contribution in [3.05, 3.63) is 35.4 Å². The van der Waals surface area contributed by atoms with Crippen LogP contribution in [0.1, 0.15) is 24.0 Å². The predicted octanol–water partition coefficient (Wildman–Crippen LogP) is 2.87. The average molecular weight is 284 g/mol. The number of likely N-dealkylation sites (tertiary alicyclic amines) is 1. The third-order valence-corrected chi connectivity index (χ3v) is 4.65. The van der Waals surface area contributed by atoms with Crippen LogP contribution in [0.5, 0.6) is 0 Å². The van der Waals surface area contributed by atoms with E-state index < -0.39 is 11.7 Å². The molecule has 1 heterocycles. The first-order valence-corrected chi connectivity index (χ1v) is 7.07. The Morgan fingerprint density at radius 2 is 2.00 bits per heavy atom. The molecule has 0 aromatic heterocycles. The molecule has 2 aliphatic rings. The van der Waals surface area contributed by atoms with Gasteiger partial charge in [0.15, 0.2) is 0 Å². The highest BCUT2D eigenvalue weighted by Crippen LogP contribution is 2.38. The molecule has 3 unspecified atom stereocenters. The topological polar surface area (TPSA) is 29.3 Å². The first-order valence-electron chi connectivity index (χ1n) is 7.07. The zero-order chi connectivity index (χ0) is 14.3. The molecule has 3 atom stereocenters. The number of nitrogens with two attached hydrogens (primary N) is 1. The van der Waals surface area contributed by atoms with Crippen molar-refractivity contribution in [2.45, 2.75) is 31.6 Å². The third-order valence-electron chi connectivity index (χ3n) is 4.65. The van der Waals surface area contributed by atoms with E-state index in [4.69, 9.17) is 5.73 Å². The molecule has 0 bridgehead atoms. The van der Waals surface area contributed by atoms with Gasteiger partial charge in [0.25, 0.3) is 0 Å². The van der Waals surface area contributed by atoms with E-state index in [1.807, 2.05) is 0 Å². The summed E-state index contributed by atoms with van der Waals surface area (Å²) in [6, 6.07) is 5.91. The molecule has 1 saturated carbocycles. The van der Waals surface area contributed by atoms with E-state index in [1.165, 1.54) is 12.1 Å². The first-order chi connectivity index (χ1) is 9.43. The van der Waals surface area contributed by atoms with Crippen LogP contribution in [-0.4, -0.2) is 24.0 Å². The molecule has 2 N–H and O–H groups in total. The van der Waals surface area contributed by atoms with Crippen molar-refractivity contribution < 1.29 is 13.2 Å². The average Bonchev–Trinajstić information content (AvgIpc) is 2.91. The van der Waals surface area contributed by atoms with Gasteiger partial charge in [0.2, 0.25) is 0 Å². The molecule has 3 rings (SSSR count). The van der Waals surface area contributed by atoms with E-state index in [-0.39, 0.29) is 6.04 Å². The number of hydrogen-bond acceptors (Lipinski definition) is 2. The number of hydrogen-bond donors (Lipinski definition) is 1. The Morgan fingerprint density at radius 3 is 2.70 bits per heavy atom.